The predicted octanol–water partition coefficient (Wildman–Crippen LogP) is 3.35. The number of hydrogen-bond acceptors (Lipinski definition) is 5. The van der Waals surface area contributed by atoms with E-state index in [0.29, 0.717) is 17.9 Å². The van der Waals surface area contributed by atoms with Gasteiger partial charge < -0.3 is 0 Å². The second kappa shape index (κ2) is 6.29. The molecule has 27 heavy (non-hydrogen) atoms. The summed E-state index contributed by atoms with van der Waals surface area (Å²) < 4.78 is 1.86. The van der Waals surface area contributed by atoms with E-state index < -0.39 is 0 Å². The second-order valence-electron chi connectivity index (χ2n) is 6.73. The van der Waals surface area contributed by atoms with Gasteiger partial charge in [-0.15, -0.1) is 0 Å². The molecule has 6 nitrogen and oxygen atoms in total. The van der Waals surface area contributed by atoms with E-state index in [-0.39, 0.29) is 5.92 Å². The molecule has 0 spiro atoms. The Kier molecular flexibility index (Phi) is 3.65. The Morgan fingerprint density at radius 1 is 1.11 bits per heavy atom. The van der Waals surface area contributed by atoms with Crippen LogP contribution in [-0.4, -0.2) is 24.5 Å². The van der Waals surface area contributed by atoms with Crippen LogP contribution in [0.5, 0.6) is 0 Å². The van der Waals surface area contributed by atoms with Gasteiger partial charge in [0.2, 0.25) is 5.95 Å². The SMILES string of the molecule is N#Cc1cnc(-n2cnc3ccccc32)nc1CC1CCc2cccnc21. The van der Waals surface area contributed by atoms with Gasteiger partial charge in [-0.3, -0.25) is 9.55 Å². The van der Waals surface area contributed by atoms with E-state index in [4.69, 9.17) is 4.98 Å². The van der Waals surface area contributed by atoms with Gasteiger partial charge in [-0.1, -0.05) is 18.2 Å². The lowest BCUT2D eigenvalue weighted by Gasteiger charge is -2.12. The van der Waals surface area contributed by atoms with E-state index in [1.54, 1.807) is 12.5 Å². The molecule has 1 atom stereocenters. The van der Waals surface area contributed by atoms with Crippen LogP contribution >= 0.6 is 0 Å². The van der Waals surface area contributed by atoms with E-state index in [0.717, 1.165) is 35.3 Å². The number of nitrogens with zero attached hydrogens (tertiary/aromatic N) is 6. The first kappa shape index (κ1) is 15.6. The molecule has 3 aromatic heterocycles. The van der Waals surface area contributed by atoms with Crippen LogP contribution in [0.15, 0.2) is 55.1 Å². The highest BCUT2D eigenvalue weighted by Crippen LogP contribution is 2.34. The second-order valence-corrected chi connectivity index (χ2v) is 6.73. The summed E-state index contributed by atoms with van der Waals surface area (Å²) >= 11 is 0. The van der Waals surface area contributed by atoms with Crippen LogP contribution in [0.25, 0.3) is 17.0 Å². The van der Waals surface area contributed by atoms with Crippen molar-refractivity contribution in [2.24, 2.45) is 0 Å². The minimum absolute atomic E-state index is 0.288. The molecule has 1 aliphatic rings. The summed E-state index contributed by atoms with van der Waals surface area (Å²) in [5.41, 5.74) is 5.56. The van der Waals surface area contributed by atoms with Crippen molar-refractivity contribution in [3.8, 4) is 12.0 Å². The third kappa shape index (κ3) is 2.64. The summed E-state index contributed by atoms with van der Waals surface area (Å²) in [6.07, 6.45) is 7.92. The third-order valence-corrected chi connectivity index (χ3v) is 5.16. The van der Waals surface area contributed by atoms with Crippen LogP contribution in [0.3, 0.4) is 0 Å². The number of aromatic nitrogens is 5. The monoisotopic (exact) mass is 352 g/mol. The van der Waals surface area contributed by atoms with Crippen molar-refractivity contribution in [1.29, 1.82) is 5.26 Å². The normalized spacial score (nSPS) is 15.6. The molecule has 0 bridgehead atoms. The predicted molar refractivity (Wildman–Crippen MR) is 100 cm³/mol. The fourth-order valence-corrected chi connectivity index (χ4v) is 3.82. The summed E-state index contributed by atoms with van der Waals surface area (Å²) in [6, 6.07) is 14.2. The Bertz CT molecular complexity index is 1190. The lowest BCUT2D eigenvalue weighted by Crippen LogP contribution is -2.09. The first-order chi connectivity index (χ1) is 13.3. The Hall–Kier alpha value is -3.59. The molecule has 130 valence electrons. The van der Waals surface area contributed by atoms with Gasteiger partial charge in [0.05, 0.1) is 28.5 Å². The quantitative estimate of drug-likeness (QED) is 0.565. The average Bonchev–Trinajstić information content (AvgIpc) is 3.33. The van der Waals surface area contributed by atoms with Gasteiger partial charge in [-0.05, 0) is 43.0 Å². The smallest absolute Gasteiger partial charge is 0.235 e. The van der Waals surface area contributed by atoms with Gasteiger partial charge in [0, 0.05) is 17.8 Å². The van der Waals surface area contributed by atoms with Gasteiger partial charge in [0.15, 0.2) is 0 Å². The highest BCUT2D eigenvalue weighted by Gasteiger charge is 2.25. The summed E-state index contributed by atoms with van der Waals surface area (Å²) in [7, 11) is 0. The molecular weight excluding hydrogens is 336 g/mol. The highest BCUT2D eigenvalue weighted by atomic mass is 15.2. The lowest BCUT2D eigenvalue weighted by molar-refractivity contribution is 0.646. The van der Waals surface area contributed by atoms with Gasteiger partial charge in [0.25, 0.3) is 0 Å². The van der Waals surface area contributed by atoms with Crippen LogP contribution in [0.4, 0.5) is 0 Å². The van der Waals surface area contributed by atoms with Crippen molar-refractivity contribution < 1.29 is 0 Å². The minimum Gasteiger partial charge on any atom is -0.267 e. The Balaban J connectivity index is 1.55. The van der Waals surface area contributed by atoms with E-state index >= 15 is 0 Å². The molecule has 1 unspecified atom stereocenters. The molecule has 0 saturated heterocycles. The topological polar surface area (TPSA) is 80.3 Å². The molecule has 0 radical (unpaired) electrons. The molecule has 3 heterocycles. The maximum Gasteiger partial charge on any atom is 0.235 e. The van der Waals surface area contributed by atoms with Crippen LogP contribution in [0.1, 0.15) is 34.9 Å². The zero-order chi connectivity index (χ0) is 18.2. The Labute approximate surface area is 156 Å². The Morgan fingerprint density at radius 3 is 2.96 bits per heavy atom. The van der Waals surface area contributed by atoms with Gasteiger partial charge in [0.1, 0.15) is 12.4 Å². The van der Waals surface area contributed by atoms with Gasteiger partial charge >= 0.3 is 0 Å². The fourth-order valence-electron chi connectivity index (χ4n) is 3.82. The van der Waals surface area contributed by atoms with Crippen molar-refractivity contribution in [3.63, 3.8) is 0 Å². The molecule has 1 aromatic carbocycles. The standard InChI is InChI=1S/C21H16N6/c22-11-16-12-24-21(27-13-25-17-5-1-2-6-19(17)27)26-18(16)10-15-8-7-14-4-3-9-23-20(14)15/h1-6,9,12-13,15H,7-8,10H2. The lowest BCUT2D eigenvalue weighted by atomic mass is 9.98. The summed E-state index contributed by atoms with van der Waals surface area (Å²) in [5.74, 6) is 0.826. The van der Waals surface area contributed by atoms with Crippen LogP contribution in [0.2, 0.25) is 0 Å². The number of rotatable bonds is 3. The van der Waals surface area contributed by atoms with Crippen LogP contribution in [-0.2, 0) is 12.8 Å². The zero-order valence-corrected chi connectivity index (χ0v) is 14.6. The summed E-state index contributed by atoms with van der Waals surface area (Å²) in [6.45, 7) is 0. The molecule has 0 saturated carbocycles. The maximum absolute atomic E-state index is 9.52. The first-order valence-corrected chi connectivity index (χ1v) is 8.96. The number of imidazole rings is 1. The van der Waals surface area contributed by atoms with Crippen LogP contribution in [0, 0.1) is 11.3 Å². The molecule has 1 aliphatic carbocycles. The van der Waals surface area contributed by atoms with E-state index in [9.17, 15) is 5.26 Å². The van der Waals surface area contributed by atoms with Crippen molar-refractivity contribution in [3.05, 3.63) is 77.6 Å². The number of para-hydroxylation sites is 2. The third-order valence-electron chi connectivity index (χ3n) is 5.16. The number of hydrogen-bond donors (Lipinski definition) is 0. The number of nitriles is 1. The maximum atomic E-state index is 9.52. The van der Waals surface area contributed by atoms with E-state index in [1.807, 2.05) is 41.1 Å². The molecule has 0 fully saturated rings. The highest BCUT2D eigenvalue weighted by molar-refractivity contribution is 5.76. The minimum atomic E-state index is 0.288. The largest absolute Gasteiger partial charge is 0.267 e. The van der Waals surface area contributed by atoms with Crippen molar-refractivity contribution in [1.82, 2.24) is 24.5 Å². The molecule has 0 aliphatic heterocycles. The van der Waals surface area contributed by atoms with Crippen LogP contribution < -0.4 is 0 Å². The van der Waals surface area contributed by atoms with Crippen molar-refractivity contribution in [2.45, 2.75) is 25.2 Å². The number of aryl methyl sites for hydroxylation is 1. The first-order valence-electron chi connectivity index (χ1n) is 8.96. The van der Waals surface area contributed by atoms with E-state index in [2.05, 4.69) is 27.1 Å². The summed E-state index contributed by atoms with van der Waals surface area (Å²) in [4.78, 5) is 18.1. The number of pyridine rings is 1. The van der Waals surface area contributed by atoms with Crippen molar-refractivity contribution >= 4 is 11.0 Å². The number of benzene rings is 1. The Morgan fingerprint density at radius 2 is 2.04 bits per heavy atom. The molecule has 5 rings (SSSR count). The zero-order valence-electron chi connectivity index (χ0n) is 14.6. The number of fused-ring (bicyclic) bond motifs is 2. The van der Waals surface area contributed by atoms with E-state index in [1.165, 1.54) is 5.56 Å². The molecule has 4 aromatic rings. The molecule has 6 heteroatoms. The summed E-state index contributed by atoms with van der Waals surface area (Å²) in [5, 5.41) is 9.52. The van der Waals surface area contributed by atoms with Crippen molar-refractivity contribution in [2.75, 3.05) is 0 Å². The molecular formula is C21H16N6. The average molecular weight is 352 g/mol. The van der Waals surface area contributed by atoms with Gasteiger partial charge in [-0.25, -0.2) is 15.0 Å². The van der Waals surface area contributed by atoms with Gasteiger partial charge in [-0.2, -0.15) is 5.26 Å². The fraction of sp³-hybridized carbons (Fsp3) is 0.190. The molecule has 0 N–H and O–H groups in total. The molecule has 0 amide bonds.